The first-order chi connectivity index (χ1) is 25.2. The maximum Gasteiger partial charge on any atom is 0.231 e. The lowest BCUT2D eigenvalue weighted by Crippen LogP contribution is -2.44. The lowest BCUT2D eigenvalue weighted by Gasteiger charge is -2.39. The number of rotatable bonds is 7. The van der Waals surface area contributed by atoms with E-state index in [0.717, 1.165) is 52.5 Å². The van der Waals surface area contributed by atoms with E-state index >= 15 is 0 Å². The lowest BCUT2D eigenvalue weighted by atomic mass is 9.84. The zero-order valence-electron chi connectivity index (χ0n) is 27.4. The van der Waals surface area contributed by atoms with Crippen molar-refractivity contribution in [2.24, 2.45) is 11.8 Å². The highest BCUT2D eigenvalue weighted by molar-refractivity contribution is 7.22. The molecule has 16 heteroatoms. The average Bonchev–Trinajstić information content (AvgIpc) is 3.75. The van der Waals surface area contributed by atoms with Crippen LogP contribution in [-0.2, 0) is 9.59 Å². The van der Waals surface area contributed by atoms with Gasteiger partial charge in [0.25, 0.3) is 0 Å². The van der Waals surface area contributed by atoms with Crippen LogP contribution < -0.4 is 20.4 Å². The maximum absolute atomic E-state index is 14.3. The first kappa shape index (κ1) is 33.9. The number of piperidine rings is 2. The van der Waals surface area contributed by atoms with Crippen molar-refractivity contribution < 1.29 is 27.2 Å². The van der Waals surface area contributed by atoms with Crippen LogP contribution in [-0.4, -0.2) is 57.9 Å². The number of nitrogens with one attached hydrogen (secondary N) is 2. The van der Waals surface area contributed by atoms with E-state index in [4.69, 9.17) is 0 Å². The Morgan fingerprint density at radius 2 is 1.42 bits per heavy atom. The first-order valence-electron chi connectivity index (χ1n) is 16.7. The number of fused-ring (bicyclic) bond motifs is 2. The summed E-state index contributed by atoms with van der Waals surface area (Å²) in [7, 11) is 0. The molecule has 2 fully saturated rings. The third-order valence-corrected chi connectivity index (χ3v) is 11.3. The van der Waals surface area contributed by atoms with Crippen LogP contribution in [0.4, 0.5) is 39.3 Å². The van der Waals surface area contributed by atoms with Crippen LogP contribution in [0.5, 0.6) is 0 Å². The van der Waals surface area contributed by atoms with Crippen molar-refractivity contribution >= 4 is 76.7 Å². The summed E-state index contributed by atoms with van der Waals surface area (Å²) >= 11 is 2.03. The molecular weight excluding hydrogens is 717 g/mol. The van der Waals surface area contributed by atoms with Crippen LogP contribution in [0, 0.1) is 35.1 Å². The average molecular weight is 747 g/mol. The SMILES string of the molecule is O=C(Nc1nc2c(F)cc(F)cc2s1)C1CC(c2ccnc(N3CCCC(C(=O)Nc4nc5c(F)cc(F)cc5s4)C3)c2)CN(c2cccnc2)C1. The molecule has 2 amide bonds. The molecule has 3 atom stereocenters. The van der Waals surface area contributed by atoms with Gasteiger partial charge < -0.3 is 20.4 Å². The Labute approximate surface area is 302 Å². The predicted octanol–water partition coefficient (Wildman–Crippen LogP) is 7.36. The number of nitrogens with zero attached hydrogens (tertiary/aromatic N) is 6. The molecule has 10 nitrogen and oxygen atoms in total. The summed E-state index contributed by atoms with van der Waals surface area (Å²) in [5.74, 6) is -3.76. The third-order valence-electron chi connectivity index (χ3n) is 9.48. The Balaban J connectivity index is 0.992. The van der Waals surface area contributed by atoms with E-state index < -0.39 is 29.2 Å². The van der Waals surface area contributed by atoms with Gasteiger partial charge in [-0.25, -0.2) is 32.5 Å². The predicted molar refractivity (Wildman–Crippen MR) is 193 cm³/mol. The molecule has 52 heavy (non-hydrogen) atoms. The molecule has 2 aliphatic rings. The fourth-order valence-electron chi connectivity index (χ4n) is 6.98. The highest BCUT2D eigenvalue weighted by Crippen LogP contribution is 2.36. The summed E-state index contributed by atoms with van der Waals surface area (Å²) in [4.78, 5) is 48.5. The van der Waals surface area contributed by atoms with Crippen molar-refractivity contribution in [2.45, 2.75) is 25.2 Å². The van der Waals surface area contributed by atoms with Gasteiger partial charge in [0.15, 0.2) is 21.9 Å². The Hall–Kier alpha value is -5.22. The number of pyridine rings is 2. The van der Waals surface area contributed by atoms with Crippen LogP contribution in [0.2, 0.25) is 0 Å². The molecule has 6 heterocycles. The highest BCUT2D eigenvalue weighted by atomic mass is 32.1. The minimum absolute atomic E-state index is 0.00535. The second-order valence-electron chi connectivity index (χ2n) is 13.0. The number of carbonyl (C=O) groups is 2. The third kappa shape index (κ3) is 6.99. The number of benzene rings is 2. The number of halogens is 4. The van der Waals surface area contributed by atoms with Gasteiger partial charge in [-0.05, 0) is 61.2 Å². The minimum Gasteiger partial charge on any atom is -0.369 e. The molecule has 2 N–H and O–H groups in total. The molecule has 0 radical (unpaired) electrons. The van der Waals surface area contributed by atoms with E-state index in [1.807, 2.05) is 24.3 Å². The lowest BCUT2D eigenvalue weighted by molar-refractivity contribution is -0.121. The molecule has 0 bridgehead atoms. The molecular formula is C36H30F4N8O2S2. The number of anilines is 4. The Bertz CT molecular complexity index is 2300. The van der Waals surface area contributed by atoms with Gasteiger partial charge in [0.05, 0.1) is 33.1 Å². The van der Waals surface area contributed by atoms with E-state index in [1.54, 1.807) is 18.6 Å². The summed E-state index contributed by atoms with van der Waals surface area (Å²) in [6, 6.07) is 11.6. The van der Waals surface area contributed by atoms with Gasteiger partial charge >= 0.3 is 0 Å². The molecule has 2 aromatic carbocycles. The smallest absolute Gasteiger partial charge is 0.231 e. The van der Waals surface area contributed by atoms with Crippen molar-refractivity contribution in [1.29, 1.82) is 0 Å². The van der Waals surface area contributed by atoms with Gasteiger partial charge in [-0.15, -0.1) is 0 Å². The number of thiazole rings is 2. The van der Waals surface area contributed by atoms with Gasteiger partial charge in [0, 0.05) is 56.6 Å². The molecule has 266 valence electrons. The number of carbonyl (C=O) groups excluding carboxylic acids is 2. The van der Waals surface area contributed by atoms with Crippen molar-refractivity contribution in [3.05, 3.63) is 96.0 Å². The van der Waals surface area contributed by atoms with Crippen molar-refractivity contribution in [3.8, 4) is 0 Å². The quantitative estimate of drug-likeness (QED) is 0.163. The van der Waals surface area contributed by atoms with Gasteiger partial charge in [-0.2, -0.15) is 0 Å². The van der Waals surface area contributed by atoms with Crippen LogP contribution in [0.3, 0.4) is 0 Å². The fourth-order valence-corrected chi connectivity index (χ4v) is 8.80. The summed E-state index contributed by atoms with van der Waals surface area (Å²) in [5, 5.41) is 6.03. The molecule has 0 spiro atoms. The number of hydrogen-bond acceptors (Lipinski definition) is 10. The minimum atomic E-state index is -0.788. The molecule has 4 aromatic heterocycles. The molecule has 8 rings (SSSR count). The molecule has 0 saturated carbocycles. The standard InChI is InChI=1S/C36H30F4N8O2S2/c37-23-11-26(39)31-28(13-23)51-35(43-31)45-33(49)20-3-2-8-47(16-20)30-10-19(5-7-42-30)21-9-22(18-48(17-21)25-4-1-6-41-15-25)34(50)46-36-44-32-27(40)12-24(38)14-29(32)52-36/h1,4-7,10-15,20-22H,2-3,8-9,16-18H2,(H,43,45,49)(H,44,46,50). The monoisotopic (exact) mass is 746 g/mol. The Morgan fingerprint density at radius 3 is 2.08 bits per heavy atom. The van der Waals surface area contributed by atoms with Crippen molar-refractivity contribution in [2.75, 3.05) is 46.6 Å². The molecule has 2 saturated heterocycles. The first-order valence-corrected chi connectivity index (χ1v) is 18.3. The fraction of sp³-hybridized carbons (Fsp3) is 0.278. The van der Waals surface area contributed by atoms with Crippen LogP contribution in [0.15, 0.2) is 67.1 Å². The topological polar surface area (TPSA) is 116 Å². The molecule has 3 unspecified atom stereocenters. The van der Waals surface area contributed by atoms with Crippen molar-refractivity contribution in [1.82, 2.24) is 19.9 Å². The second kappa shape index (κ2) is 14.1. The Kier molecular flexibility index (Phi) is 9.17. The van der Waals surface area contributed by atoms with Gasteiger partial charge in [-0.1, -0.05) is 22.7 Å². The number of hydrogen-bond donors (Lipinski definition) is 2. The Morgan fingerprint density at radius 1 is 0.769 bits per heavy atom. The number of amides is 2. The molecule has 0 aliphatic carbocycles. The summed E-state index contributed by atoms with van der Waals surface area (Å²) in [6.07, 6.45) is 7.07. The summed E-state index contributed by atoms with van der Waals surface area (Å²) < 4.78 is 56.6. The van der Waals surface area contributed by atoms with E-state index in [0.29, 0.717) is 54.2 Å². The van der Waals surface area contributed by atoms with E-state index in [-0.39, 0.29) is 44.9 Å². The van der Waals surface area contributed by atoms with Crippen LogP contribution >= 0.6 is 22.7 Å². The maximum atomic E-state index is 14.3. The van der Waals surface area contributed by atoms with E-state index in [1.165, 1.54) is 12.1 Å². The molecule has 2 aliphatic heterocycles. The van der Waals surface area contributed by atoms with Gasteiger partial charge in [0.1, 0.15) is 28.5 Å². The van der Waals surface area contributed by atoms with Crippen LogP contribution in [0.25, 0.3) is 20.4 Å². The van der Waals surface area contributed by atoms with Gasteiger partial charge in [0.2, 0.25) is 11.8 Å². The van der Waals surface area contributed by atoms with Gasteiger partial charge in [-0.3, -0.25) is 14.6 Å². The van der Waals surface area contributed by atoms with Crippen LogP contribution in [0.1, 0.15) is 30.7 Å². The number of aromatic nitrogens is 4. The zero-order valence-corrected chi connectivity index (χ0v) is 29.0. The normalized spacial score (nSPS) is 19.3. The summed E-state index contributed by atoms with van der Waals surface area (Å²) in [5.41, 5.74) is 1.86. The van der Waals surface area contributed by atoms with E-state index in [2.05, 4.69) is 40.4 Å². The molecule has 6 aromatic rings. The highest BCUT2D eigenvalue weighted by Gasteiger charge is 2.34. The second-order valence-corrected chi connectivity index (χ2v) is 15.0. The summed E-state index contributed by atoms with van der Waals surface area (Å²) in [6.45, 7) is 2.12. The largest absolute Gasteiger partial charge is 0.369 e. The van der Waals surface area contributed by atoms with Crippen molar-refractivity contribution in [3.63, 3.8) is 0 Å². The van der Waals surface area contributed by atoms with E-state index in [9.17, 15) is 27.2 Å². The zero-order chi connectivity index (χ0) is 35.9.